The summed E-state index contributed by atoms with van der Waals surface area (Å²) in [4.78, 5) is -0.635. The van der Waals surface area contributed by atoms with Crippen molar-refractivity contribution in [2.75, 3.05) is 24.4 Å². The lowest BCUT2D eigenvalue weighted by Crippen LogP contribution is -2.35. The second-order valence-electron chi connectivity index (χ2n) is 6.60. The SMILES string of the molecule is CCOc1ccc(NS(=O)(=O)c2ccccc2F)cc1S(=O)(=O)N1CCCCC1. The lowest BCUT2D eigenvalue weighted by atomic mass is 10.2. The molecule has 0 aliphatic carbocycles. The van der Waals surface area contributed by atoms with E-state index >= 15 is 0 Å². The van der Waals surface area contributed by atoms with E-state index in [9.17, 15) is 21.2 Å². The number of rotatable bonds is 7. The highest BCUT2D eigenvalue weighted by Gasteiger charge is 2.30. The Morgan fingerprint density at radius 1 is 1.00 bits per heavy atom. The van der Waals surface area contributed by atoms with E-state index in [4.69, 9.17) is 4.74 Å². The Kier molecular flexibility index (Phi) is 6.45. The molecule has 0 atom stereocenters. The number of anilines is 1. The van der Waals surface area contributed by atoms with Gasteiger partial charge in [-0.3, -0.25) is 4.72 Å². The number of ether oxygens (including phenoxy) is 1. The van der Waals surface area contributed by atoms with Gasteiger partial charge in [0.25, 0.3) is 10.0 Å². The molecule has 7 nitrogen and oxygen atoms in total. The monoisotopic (exact) mass is 442 g/mol. The van der Waals surface area contributed by atoms with Gasteiger partial charge in [0.2, 0.25) is 10.0 Å². The molecule has 0 radical (unpaired) electrons. The first-order chi connectivity index (χ1) is 13.8. The van der Waals surface area contributed by atoms with Crippen molar-refractivity contribution in [3.63, 3.8) is 0 Å². The van der Waals surface area contributed by atoms with E-state index in [2.05, 4.69) is 4.72 Å². The zero-order valence-corrected chi connectivity index (χ0v) is 17.6. The van der Waals surface area contributed by atoms with E-state index in [1.807, 2.05) is 0 Å². The van der Waals surface area contributed by atoms with Crippen LogP contribution in [0.25, 0.3) is 0 Å². The molecular weight excluding hydrogens is 419 g/mol. The van der Waals surface area contributed by atoms with Gasteiger partial charge in [-0.2, -0.15) is 4.31 Å². The van der Waals surface area contributed by atoms with Crippen molar-refractivity contribution in [2.45, 2.75) is 36.0 Å². The molecule has 0 aromatic heterocycles. The molecule has 29 heavy (non-hydrogen) atoms. The maximum atomic E-state index is 13.9. The minimum atomic E-state index is -4.23. The number of sulfonamides is 2. The molecule has 2 aromatic rings. The van der Waals surface area contributed by atoms with Gasteiger partial charge in [-0.1, -0.05) is 18.6 Å². The quantitative estimate of drug-likeness (QED) is 0.711. The first-order valence-corrected chi connectivity index (χ1v) is 12.2. The Hall–Kier alpha value is -2.17. The second kappa shape index (κ2) is 8.68. The number of hydrogen-bond donors (Lipinski definition) is 1. The summed E-state index contributed by atoms with van der Waals surface area (Å²) in [5, 5.41) is 0. The van der Waals surface area contributed by atoms with Gasteiger partial charge in [-0.05, 0) is 50.1 Å². The summed E-state index contributed by atoms with van der Waals surface area (Å²) in [5.41, 5.74) is 0.00675. The zero-order chi connectivity index (χ0) is 21.1. The summed E-state index contributed by atoms with van der Waals surface area (Å²) in [6, 6.07) is 8.97. The van der Waals surface area contributed by atoms with Crippen molar-refractivity contribution in [1.82, 2.24) is 4.31 Å². The highest BCUT2D eigenvalue weighted by atomic mass is 32.2. The largest absolute Gasteiger partial charge is 0.492 e. The molecule has 1 saturated heterocycles. The molecule has 0 amide bonds. The average Bonchev–Trinajstić information content (AvgIpc) is 2.70. The minimum absolute atomic E-state index is 0.00675. The van der Waals surface area contributed by atoms with Crippen molar-refractivity contribution >= 4 is 25.7 Å². The number of hydrogen-bond acceptors (Lipinski definition) is 5. The summed E-state index contributed by atoms with van der Waals surface area (Å²) >= 11 is 0. The molecule has 1 aliphatic heterocycles. The highest BCUT2D eigenvalue weighted by Crippen LogP contribution is 2.32. The van der Waals surface area contributed by atoms with Gasteiger partial charge in [-0.15, -0.1) is 0 Å². The second-order valence-corrected chi connectivity index (χ2v) is 10.2. The minimum Gasteiger partial charge on any atom is -0.492 e. The van der Waals surface area contributed by atoms with E-state index in [0.29, 0.717) is 13.1 Å². The number of piperidine rings is 1. The molecule has 0 bridgehead atoms. The van der Waals surface area contributed by atoms with Crippen molar-refractivity contribution in [3.05, 3.63) is 48.3 Å². The first-order valence-electron chi connectivity index (χ1n) is 9.30. The molecule has 0 spiro atoms. The number of benzene rings is 2. The summed E-state index contributed by atoms with van der Waals surface area (Å²) in [6.45, 7) is 2.78. The molecule has 3 rings (SSSR count). The van der Waals surface area contributed by atoms with Gasteiger partial charge >= 0.3 is 0 Å². The summed E-state index contributed by atoms with van der Waals surface area (Å²) < 4.78 is 74.4. The zero-order valence-electron chi connectivity index (χ0n) is 16.0. The molecule has 1 fully saturated rings. The number of nitrogens with zero attached hydrogens (tertiary/aromatic N) is 1. The highest BCUT2D eigenvalue weighted by molar-refractivity contribution is 7.92. The van der Waals surface area contributed by atoms with Crippen molar-refractivity contribution < 1.29 is 26.0 Å². The summed E-state index contributed by atoms with van der Waals surface area (Å²) in [5.74, 6) is -0.751. The normalized spacial score (nSPS) is 15.8. The predicted octanol–water partition coefficient (Wildman–Crippen LogP) is 3.20. The van der Waals surface area contributed by atoms with E-state index in [-0.39, 0.29) is 22.9 Å². The first kappa shape index (κ1) is 21.5. The number of nitrogens with one attached hydrogen (secondary N) is 1. The molecule has 1 N–H and O–H groups in total. The third-order valence-corrected chi connectivity index (χ3v) is 7.89. The van der Waals surface area contributed by atoms with E-state index in [1.54, 1.807) is 6.92 Å². The van der Waals surface area contributed by atoms with Crippen LogP contribution in [0.5, 0.6) is 5.75 Å². The summed E-state index contributed by atoms with van der Waals surface area (Å²) in [6.07, 6.45) is 2.50. The molecular formula is C19H23FN2O5S2. The van der Waals surface area contributed by atoms with E-state index in [0.717, 1.165) is 31.4 Å². The molecule has 1 aliphatic rings. The van der Waals surface area contributed by atoms with Crippen LogP contribution in [0.4, 0.5) is 10.1 Å². The predicted molar refractivity (Wildman–Crippen MR) is 107 cm³/mol. The average molecular weight is 443 g/mol. The van der Waals surface area contributed by atoms with Gasteiger partial charge in [-0.25, -0.2) is 21.2 Å². The fraction of sp³-hybridized carbons (Fsp3) is 0.368. The topological polar surface area (TPSA) is 92.8 Å². The van der Waals surface area contributed by atoms with Crippen LogP contribution in [-0.4, -0.2) is 40.8 Å². The van der Waals surface area contributed by atoms with Crippen LogP contribution in [0, 0.1) is 5.82 Å². The van der Waals surface area contributed by atoms with E-state index in [1.165, 1.54) is 34.6 Å². The van der Waals surface area contributed by atoms with Crippen molar-refractivity contribution in [3.8, 4) is 5.75 Å². The van der Waals surface area contributed by atoms with Crippen LogP contribution in [0.1, 0.15) is 26.2 Å². The Labute approximate surface area is 170 Å². The fourth-order valence-electron chi connectivity index (χ4n) is 3.17. The van der Waals surface area contributed by atoms with Crippen LogP contribution in [0.15, 0.2) is 52.3 Å². The third-order valence-electron chi connectivity index (χ3n) is 4.55. The maximum Gasteiger partial charge on any atom is 0.264 e. The van der Waals surface area contributed by atoms with Gasteiger partial charge in [0, 0.05) is 13.1 Å². The van der Waals surface area contributed by atoms with Gasteiger partial charge in [0.15, 0.2) is 0 Å². The summed E-state index contributed by atoms with van der Waals surface area (Å²) in [7, 11) is -8.10. The number of halogens is 1. The molecule has 0 saturated carbocycles. The lowest BCUT2D eigenvalue weighted by molar-refractivity contribution is 0.323. The van der Waals surface area contributed by atoms with Crippen molar-refractivity contribution in [1.29, 1.82) is 0 Å². The van der Waals surface area contributed by atoms with Crippen LogP contribution in [0.2, 0.25) is 0 Å². The Balaban J connectivity index is 2.00. The smallest absolute Gasteiger partial charge is 0.264 e. The standard InChI is InChI=1S/C19H23FN2O5S2/c1-2-27-17-11-10-15(21-28(23,24)18-9-5-4-8-16(18)20)14-19(17)29(25,26)22-12-6-3-7-13-22/h4-5,8-11,14,21H,2-3,6-7,12-13H2,1H3. The Morgan fingerprint density at radius 2 is 1.69 bits per heavy atom. The van der Waals surface area contributed by atoms with Gasteiger partial charge < -0.3 is 4.74 Å². The third kappa shape index (κ3) is 4.71. The van der Waals surface area contributed by atoms with Crippen LogP contribution >= 0.6 is 0 Å². The molecule has 158 valence electrons. The molecule has 10 heteroatoms. The van der Waals surface area contributed by atoms with Crippen molar-refractivity contribution in [2.24, 2.45) is 0 Å². The van der Waals surface area contributed by atoms with Crippen LogP contribution in [-0.2, 0) is 20.0 Å². The Bertz CT molecular complexity index is 1080. The molecule has 0 unspecified atom stereocenters. The molecule has 2 aromatic carbocycles. The van der Waals surface area contributed by atoms with E-state index < -0.39 is 30.8 Å². The van der Waals surface area contributed by atoms with Gasteiger partial charge in [0.1, 0.15) is 21.4 Å². The Morgan fingerprint density at radius 3 is 2.34 bits per heavy atom. The fourth-order valence-corrected chi connectivity index (χ4v) is 5.97. The van der Waals surface area contributed by atoms with Gasteiger partial charge in [0.05, 0.1) is 12.3 Å². The maximum absolute atomic E-state index is 13.9. The van der Waals surface area contributed by atoms with Crippen LogP contribution in [0.3, 0.4) is 0 Å². The van der Waals surface area contributed by atoms with Crippen LogP contribution < -0.4 is 9.46 Å². The molecule has 1 heterocycles. The lowest BCUT2D eigenvalue weighted by Gasteiger charge is -2.27.